The second-order valence-corrected chi connectivity index (χ2v) is 10.5. The summed E-state index contributed by atoms with van der Waals surface area (Å²) in [4.78, 5) is 27.8. The van der Waals surface area contributed by atoms with Crippen LogP contribution in [0.4, 0.5) is 10.5 Å². The molecular weight excluding hydrogens is 570 g/mol. The van der Waals surface area contributed by atoms with Gasteiger partial charge in [0.05, 0.1) is 6.54 Å². The molecule has 4 rings (SSSR count). The first kappa shape index (κ1) is 28.9. The van der Waals surface area contributed by atoms with Gasteiger partial charge in [-0.05, 0) is 65.8 Å². The Morgan fingerprint density at radius 3 is 2.33 bits per heavy atom. The molecule has 0 bridgehead atoms. The molecule has 0 aromatic heterocycles. The number of hydrazone groups is 1. The quantitative estimate of drug-likeness (QED) is 0.0943. The number of guanidine groups is 1. The van der Waals surface area contributed by atoms with Gasteiger partial charge in [-0.15, -0.1) is 10.2 Å². The number of rotatable bonds is 7. The van der Waals surface area contributed by atoms with Gasteiger partial charge in [0, 0.05) is 29.3 Å². The van der Waals surface area contributed by atoms with Crippen molar-refractivity contribution in [3.05, 3.63) is 99.5 Å². The van der Waals surface area contributed by atoms with Crippen LogP contribution in [0.2, 0.25) is 0 Å². The van der Waals surface area contributed by atoms with Crippen LogP contribution in [0, 0.1) is 0 Å². The van der Waals surface area contributed by atoms with Gasteiger partial charge in [0.25, 0.3) is 11.9 Å². The number of hydrogen-bond acceptors (Lipinski definition) is 5. The molecule has 0 saturated heterocycles. The van der Waals surface area contributed by atoms with Crippen LogP contribution in [0.5, 0.6) is 0 Å². The molecule has 4 N–H and O–H groups in total. The van der Waals surface area contributed by atoms with Crippen molar-refractivity contribution in [3.63, 3.8) is 0 Å². The highest BCUT2D eigenvalue weighted by molar-refractivity contribution is 9.10. The number of anilines is 1. The van der Waals surface area contributed by atoms with Gasteiger partial charge in [-0.1, -0.05) is 77.7 Å². The summed E-state index contributed by atoms with van der Waals surface area (Å²) in [6, 6.07) is 23.0. The molecule has 3 aromatic rings. The van der Waals surface area contributed by atoms with E-state index in [0.29, 0.717) is 24.6 Å². The largest absolute Gasteiger partial charge is 0.334 e. The molecule has 1 aliphatic rings. The third-order valence-corrected chi connectivity index (χ3v) is 7.79. The van der Waals surface area contributed by atoms with Crippen molar-refractivity contribution in [1.82, 2.24) is 10.6 Å². The molecule has 0 radical (unpaired) electrons. The topological polar surface area (TPSA) is 125 Å². The summed E-state index contributed by atoms with van der Waals surface area (Å²) in [5.74, 6) is 5.33. The van der Waals surface area contributed by atoms with E-state index < -0.39 is 5.91 Å². The number of carbonyl (C=O) groups is 2. The van der Waals surface area contributed by atoms with E-state index >= 15 is 0 Å². The molecule has 0 unspecified atom stereocenters. The summed E-state index contributed by atoms with van der Waals surface area (Å²) in [5, 5.41) is 16.2. The maximum Gasteiger partial charge on any atom is 0.322 e. The molecule has 1 saturated carbocycles. The fourth-order valence-electron chi connectivity index (χ4n) is 4.85. The van der Waals surface area contributed by atoms with Crippen LogP contribution >= 0.6 is 15.9 Å². The third kappa shape index (κ3) is 7.75. The zero-order valence-corrected chi connectivity index (χ0v) is 24.1. The van der Waals surface area contributed by atoms with Gasteiger partial charge >= 0.3 is 6.03 Å². The van der Waals surface area contributed by atoms with Crippen molar-refractivity contribution in [2.75, 3.05) is 11.9 Å². The predicted molar refractivity (Wildman–Crippen MR) is 161 cm³/mol. The minimum atomic E-state index is -0.413. The number of nitrogens with one attached hydrogen (secondary N) is 2. The average Bonchev–Trinajstić information content (AvgIpc) is 3.00. The van der Waals surface area contributed by atoms with Crippen molar-refractivity contribution in [2.45, 2.75) is 51.1 Å². The molecule has 40 heavy (non-hydrogen) atoms. The van der Waals surface area contributed by atoms with Crippen LogP contribution in [-0.2, 0) is 13.1 Å². The number of halogens is 1. The number of urea groups is 1. The minimum absolute atomic E-state index is 0.0823. The van der Waals surface area contributed by atoms with E-state index in [-0.39, 0.29) is 12.0 Å². The summed E-state index contributed by atoms with van der Waals surface area (Å²) in [6.07, 6.45) is 6.29. The highest BCUT2D eigenvalue weighted by Crippen LogP contribution is 2.33. The van der Waals surface area contributed by atoms with E-state index in [1.807, 2.05) is 48.5 Å². The maximum atomic E-state index is 13.5. The number of azo groups is 1. The molecule has 208 valence electrons. The lowest BCUT2D eigenvalue weighted by Gasteiger charge is -2.26. The third-order valence-electron chi connectivity index (χ3n) is 7.01. The molecule has 9 nitrogen and oxygen atoms in total. The van der Waals surface area contributed by atoms with Gasteiger partial charge in [-0.2, -0.15) is 5.11 Å². The molecule has 3 amide bonds. The lowest BCUT2D eigenvalue weighted by molar-refractivity contribution is 0.0976. The van der Waals surface area contributed by atoms with E-state index in [1.54, 1.807) is 17.0 Å². The second-order valence-electron chi connectivity index (χ2n) is 9.67. The lowest BCUT2D eigenvalue weighted by Crippen LogP contribution is -2.39. The number of carbonyl (C=O) groups excluding carboxylic acids is 2. The molecule has 1 aliphatic carbocycles. The average molecular weight is 605 g/mol. The summed E-state index contributed by atoms with van der Waals surface area (Å²) in [6.45, 7) is 0.710. The van der Waals surface area contributed by atoms with E-state index in [9.17, 15) is 9.59 Å². The Kier molecular flexibility index (Phi) is 10.4. The number of hydrogen-bond donors (Lipinski definition) is 3. The second kappa shape index (κ2) is 14.4. The number of nitrogens with zero attached hydrogens (tertiary/aromatic N) is 4. The number of nitrogens with two attached hydrogens (primary N) is 1. The normalized spacial score (nSPS) is 14.2. The fourth-order valence-corrected chi connectivity index (χ4v) is 5.27. The Morgan fingerprint density at radius 1 is 0.975 bits per heavy atom. The first-order chi connectivity index (χ1) is 19.5. The van der Waals surface area contributed by atoms with Crippen molar-refractivity contribution in [2.24, 2.45) is 21.2 Å². The van der Waals surface area contributed by atoms with Crippen LogP contribution in [0.25, 0.3) is 0 Å². The van der Waals surface area contributed by atoms with Crippen molar-refractivity contribution >= 4 is 39.5 Å². The number of amides is 3. The SMILES string of the molecule is CN=NC(=NN)NC(=O)c1ccc(CN(C(=O)NCc2ccccc2Br)c2ccc(C3CCCCC3)cc2)cc1. The molecule has 10 heteroatoms. The Hall–Kier alpha value is -4.05. The van der Waals surface area contributed by atoms with Crippen LogP contribution in [0.1, 0.15) is 65.1 Å². The van der Waals surface area contributed by atoms with Crippen molar-refractivity contribution < 1.29 is 9.59 Å². The Balaban J connectivity index is 1.51. The lowest BCUT2D eigenvalue weighted by atomic mass is 9.84. The molecule has 0 atom stereocenters. The predicted octanol–water partition coefficient (Wildman–Crippen LogP) is 6.45. The highest BCUT2D eigenvalue weighted by atomic mass is 79.9. The molecule has 3 aromatic carbocycles. The first-order valence-electron chi connectivity index (χ1n) is 13.3. The van der Waals surface area contributed by atoms with E-state index in [4.69, 9.17) is 5.84 Å². The monoisotopic (exact) mass is 603 g/mol. The summed E-state index contributed by atoms with van der Waals surface area (Å²) < 4.78 is 0.941. The van der Waals surface area contributed by atoms with E-state index in [1.165, 1.54) is 44.7 Å². The zero-order chi connectivity index (χ0) is 28.3. The van der Waals surface area contributed by atoms with Crippen molar-refractivity contribution in [3.8, 4) is 0 Å². The molecule has 0 heterocycles. The Labute approximate surface area is 243 Å². The fraction of sp³-hybridized carbons (Fsp3) is 0.300. The van der Waals surface area contributed by atoms with Crippen molar-refractivity contribution in [1.29, 1.82) is 0 Å². The standard InChI is InChI=1S/C30H34BrN7O2/c1-33-37-29(36-32)35-28(39)24-13-11-21(12-14-24)20-38(30(40)34-19-25-9-5-6-10-27(25)31)26-17-15-23(16-18-26)22-7-3-2-4-8-22/h5-6,9-18,22H,2-4,7-8,19-20,32H2,1H3,(H,34,40)(H,35,36,39). The maximum absolute atomic E-state index is 13.5. The molecule has 0 spiro atoms. The zero-order valence-electron chi connectivity index (χ0n) is 22.5. The summed E-state index contributed by atoms with van der Waals surface area (Å²) >= 11 is 3.55. The van der Waals surface area contributed by atoms with Crippen LogP contribution in [-0.4, -0.2) is 24.9 Å². The van der Waals surface area contributed by atoms with Crippen LogP contribution in [0.15, 0.2) is 92.6 Å². The van der Waals surface area contributed by atoms with E-state index in [2.05, 4.69) is 54.0 Å². The summed E-state index contributed by atoms with van der Waals surface area (Å²) in [7, 11) is 1.45. The summed E-state index contributed by atoms with van der Waals surface area (Å²) in [5.41, 5.74) is 4.39. The molecular formula is C30H34BrN7O2. The van der Waals surface area contributed by atoms with Gasteiger partial charge in [0.2, 0.25) is 0 Å². The first-order valence-corrected chi connectivity index (χ1v) is 14.1. The smallest absolute Gasteiger partial charge is 0.322 e. The van der Waals surface area contributed by atoms with Crippen LogP contribution < -0.4 is 21.4 Å². The van der Waals surface area contributed by atoms with Crippen LogP contribution in [0.3, 0.4) is 0 Å². The Morgan fingerprint density at radius 2 is 1.68 bits per heavy atom. The molecule has 0 aliphatic heterocycles. The van der Waals surface area contributed by atoms with E-state index in [0.717, 1.165) is 21.3 Å². The van der Waals surface area contributed by atoms with Gasteiger partial charge < -0.3 is 11.2 Å². The number of benzene rings is 3. The minimum Gasteiger partial charge on any atom is -0.334 e. The van der Waals surface area contributed by atoms with Gasteiger partial charge in [-0.3, -0.25) is 15.0 Å². The molecule has 1 fully saturated rings. The van der Waals surface area contributed by atoms with Gasteiger partial charge in [-0.25, -0.2) is 4.79 Å². The van der Waals surface area contributed by atoms with Gasteiger partial charge in [0.15, 0.2) is 0 Å². The highest BCUT2D eigenvalue weighted by Gasteiger charge is 2.20. The van der Waals surface area contributed by atoms with Gasteiger partial charge in [0.1, 0.15) is 0 Å². The Bertz CT molecular complexity index is 1350.